The number of likely N-dealkylation sites (tertiary alicyclic amines) is 1. The molecule has 1 atom stereocenters. The highest BCUT2D eigenvalue weighted by Crippen LogP contribution is 2.21. The molecule has 1 N–H and O–H groups in total. The van der Waals surface area contributed by atoms with E-state index in [0.717, 1.165) is 19.4 Å². The van der Waals surface area contributed by atoms with Crippen LogP contribution >= 0.6 is 0 Å². The van der Waals surface area contributed by atoms with Gasteiger partial charge in [-0.15, -0.1) is 5.10 Å². The molecular formula is C13H22N6O3S. The number of carbonyl (C=O) groups is 1. The second-order valence-corrected chi connectivity index (χ2v) is 8.24. The van der Waals surface area contributed by atoms with Crippen LogP contribution < -0.4 is 5.32 Å². The third kappa shape index (κ3) is 3.81. The van der Waals surface area contributed by atoms with Gasteiger partial charge in [0.1, 0.15) is 0 Å². The van der Waals surface area contributed by atoms with Gasteiger partial charge < -0.3 is 10.2 Å². The van der Waals surface area contributed by atoms with Crippen molar-refractivity contribution in [2.45, 2.75) is 18.9 Å². The largest absolute Gasteiger partial charge is 0.338 e. The lowest BCUT2D eigenvalue weighted by molar-refractivity contribution is 0.153. The molecule has 1 aromatic rings. The van der Waals surface area contributed by atoms with Crippen LogP contribution in [0.4, 0.5) is 4.79 Å². The Morgan fingerprint density at radius 3 is 2.78 bits per heavy atom. The Morgan fingerprint density at radius 2 is 2.13 bits per heavy atom. The second-order valence-electron chi connectivity index (χ2n) is 6.26. The van der Waals surface area contributed by atoms with Crippen molar-refractivity contribution in [2.75, 3.05) is 39.0 Å². The van der Waals surface area contributed by atoms with Gasteiger partial charge in [-0.1, -0.05) is 5.21 Å². The topological polar surface area (TPSA) is 100 Å². The lowest BCUT2D eigenvalue weighted by Gasteiger charge is -2.38. The number of piperidine rings is 1. The highest BCUT2D eigenvalue weighted by Gasteiger charge is 2.33. The van der Waals surface area contributed by atoms with Crippen molar-refractivity contribution in [3.05, 3.63) is 12.4 Å². The summed E-state index contributed by atoms with van der Waals surface area (Å²) in [5, 5.41) is 10.7. The van der Waals surface area contributed by atoms with E-state index < -0.39 is 10.0 Å². The van der Waals surface area contributed by atoms with Crippen LogP contribution in [-0.4, -0.2) is 77.6 Å². The number of carbonyl (C=O) groups excluding carboxylic acids is 1. The molecule has 2 aliphatic rings. The lowest BCUT2D eigenvalue weighted by atomic mass is 10.0. The molecule has 2 amide bonds. The molecule has 0 radical (unpaired) electrons. The van der Waals surface area contributed by atoms with Gasteiger partial charge >= 0.3 is 6.03 Å². The standard InChI is InChI=1S/C13H22N6O3S/c1-23(21,22)18-8-11(9-18)7-14-13(20)17-5-2-3-12(10-17)19-6-4-15-16-19/h4,6,11-12H,2-3,5,7-10H2,1H3,(H,14,20). The Kier molecular flexibility index (Phi) is 4.53. The van der Waals surface area contributed by atoms with Gasteiger partial charge in [0.2, 0.25) is 10.0 Å². The highest BCUT2D eigenvalue weighted by atomic mass is 32.2. The van der Waals surface area contributed by atoms with Crippen LogP contribution in [0.3, 0.4) is 0 Å². The Balaban J connectivity index is 1.44. The molecule has 10 heteroatoms. The van der Waals surface area contributed by atoms with Gasteiger partial charge in [0, 0.05) is 44.8 Å². The Bertz CT molecular complexity index is 641. The molecule has 3 heterocycles. The van der Waals surface area contributed by atoms with E-state index in [-0.39, 0.29) is 18.0 Å². The average Bonchev–Trinajstić information content (AvgIpc) is 2.98. The van der Waals surface area contributed by atoms with Crippen LogP contribution in [0.15, 0.2) is 12.4 Å². The van der Waals surface area contributed by atoms with Gasteiger partial charge in [-0.2, -0.15) is 0 Å². The number of urea groups is 1. The van der Waals surface area contributed by atoms with E-state index in [0.29, 0.717) is 26.2 Å². The third-order valence-electron chi connectivity index (χ3n) is 4.43. The number of aromatic nitrogens is 3. The van der Waals surface area contributed by atoms with Crippen molar-refractivity contribution in [3.8, 4) is 0 Å². The first kappa shape index (κ1) is 16.2. The zero-order valence-electron chi connectivity index (χ0n) is 13.1. The van der Waals surface area contributed by atoms with Gasteiger partial charge in [0.15, 0.2) is 0 Å². The maximum absolute atomic E-state index is 12.3. The molecule has 0 aromatic carbocycles. The van der Waals surface area contributed by atoms with Gasteiger partial charge in [-0.25, -0.2) is 22.2 Å². The highest BCUT2D eigenvalue weighted by molar-refractivity contribution is 7.88. The Labute approximate surface area is 135 Å². The third-order valence-corrected chi connectivity index (χ3v) is 5.67. The molecule has 2 fully saturated rings. The number of hydrogen-bond donors (Lipinski definition) is 1. The van der Waals surface area contributed by atoms with Crippen molar-refractivity contribution in [1.82, 2.24) is 29.5 Å². The fourth-order valence-corrected chi connectivity index (χ4v) is 4.00. The van der Waals surface area contributed by atoms with Crippen molar-refractivity contribution in [3.63, 3.8) is 0 Å². The minimum atomic E-state index is -3.10. The Morgan fingerprint density at radius 1 is 1.35 bits per heavy atom. The second kappa shape index (κ2) is 6.44. The molecule has 0 bridgehead atoms. The molecule has 1 unspecified atom stereocenters. The van der Waals surface area contributed by atoms with Gasteiger partial charge in [0.25, 0.3) is 0 Å². The molecule has 2 aliphatic heterocycles. The smallest absolute Gasteiger partial charge is 0.317 e. The van der Waals surface area contributed by atoms with Crippen molar-refractivity contribution >= 4 is 16.1 Å². The van der Waals surface area contributed by atoms with Crippen LogP contribution in [0.2, 0.25) is 0 Å². The maximum atomic E-state index is 12.3. The van der Waals surface area contributed by atoms with E-state index in [1.165, 1.54) is 10.6 Å². The molecule has 3 rings (SSSR count). The number of sulfonamides is 1. The summed E-state index contributed by atoms with van der Waals surface area (Å²) in [7, 11) is -3.10. The SMILES string of the molecule is CS(=O)(=O)N1CC(CNC(=O)N2CCCC(n3ccnn3)C2)C1. The fraction of sp³-hybridized carbons (Fsp3) is 0.769. The van der Waals surface area contributed by atoms with Gasteiger partial charge in [-0.3, -0.25) is 0 Å². The number of rotatable bonds is 4. The quantitative estimate of drug-likeness (QED) is 0.796. The first-order valence-electron chi connectivity index (χ1n) is 7.77. The zero-order valence-corrected chi connectivity index (χ0v) is 13.9. The van der Waals surface area contributed by atoms with Crippen LogP contribution in [0, 0.1) is 5.92 Å². The lowest BCUT2D eigenvalue weighted by Crippen LogP contribution is -2.55. The number of amides is 2. The Hall–Kier alpha value is -1.68. The molecule has 0 aliphatic carbocycles. The number of nitrogens with zero attached hydrogens (tertiary/aromatic N) is 5. The van der Waals surface area contributed by atoms with Crippen LogP contribution in [0.1, 0.15) is 18.9 Å². The molecule has 0 saturated carbocycles. The van der Waals surface area contributed by atoms with Crippen LogP contribution in [-0.2, 0) is 10.0 Å². The summed E-state index contributed by atoms with van der Waals surface area (Å²) in [4.78, 5) is 14.1. The molecule has 0 spiro atoms. The predicted molar refractivity (Wildman–Crippen MR) is 83.2 cm³/mol. The first-order valence-corrected chi connectivity index (χ1v) is 9.62. The molecule has 9 nitrogen and oxygen atoms in total. The fourth-order valence-electron chi connectivity index (χ4n) is 3.03. The summed E-state index contributed by atoms with van der Waals surface area (Å²) in [5.41, 5.74) is 0. The monoisotopic (exact) mass is 342 g/mol. The first-order chi connectivity index (χ1) is 10.9. The molecular weight excluding hydrogens is 320 g/mol. The summed E-state index contributed by atoms with van der Waals surface area (Å²) in [6.07, 6.45) is 6.59. The van der Waals surface area contributed by atoms with Crippen molar-refractivity contribution in [2.24, 2.45) is 5.92 Å². The summed E-state index contributed by atoms with van der Waals surface area (Å²) >= 11 is 0. The average molecular weight is 342 g/mol. The van der Waals surface area contributed by atoms with E-state index in [1.807, 2.05) is 6.20 Å². The van der Waals surface area contributed by atoms with E-state index >= 15 is 0 Å². The van der Waals surface area contributed by atoms with Crippen molar-refractivity contribution in [1.29, 1.82) is 0 Å². The van der Waals surface area contributed by atoms with Gasteiger partial charge in [-0.05, 0) is 12.8 Å². The molecule has 1 aromatic heterocycles. The van der Waals surface area contributed by atoms with Crippen molar-refractivity contribution < 1.29 is 13.2 Å². The summed E-state index contributed by atoms with van der Waals surface area (Å²) in [6.45, 7) is 2.84. The van der Waals surface area contributed by atoms with E-state index in [9.17, 15) is 13.2 Å². The minimum Gasteiger partial charge on any atom is -0.338 e. The summed E-state index contributed by atoms with van der Waals surface area (Å²) < 4.78 is 25.8. The van der Waals surface area contributed by atoms with Crippen LogP contribution in [0.5, 0.6) is 0 Å². The van der Waals surface area contributed by atoms with E-state index in [1.54, 1.807) is 15.8 Å². The molecule has 23 heavy (non-hydrogen) atoms. The summed E-state index contributed by atoms with van der Waals surface area (Å²) in [5.74, 6) is 0.199. The zero-order chi connectivity index (χ0) is 16.4. The van der Waals surface area contributed by atoms with Gasteiger partial charge in [0.05, 0.1) is 18.5 Å². The van der Waals surface area contributed by atoms with Crippen LogP contribution in [0.25, 0.3) is 0 Å². The number of nitrogens with one attached hydrogen (secondary N) is 1. The normalized spacial score (nSPS) is 23.5. The minimum absolute atomic E-state index is 0.0902. The van der Waals surface area contributed by atoms with E-state index in [4.69, 9.17) is 0 Å². The maximum Gasteiger partial charge on any atom is 0.317 e. The molecule has 2 saturated heterocycles. The molecule has 128 valence electrons. The predicted octanol–water partition coefficient (Wildman–Crippen LogP) is -0.484. The number of hydrogen-bond acceptors (Lipinski definition) is 5. The van der Waals surface area contributed by atoms with E-state index in [2.05, 4.69) is 15.6 Å². The summed E-state index contributed by atoms with van der Waals surface area (Å²) in [6, 6.07) is 0.0778.